The summed E-state index contributed by atoms with van der Waals surface area (Å²) >= 11 is 0. The lowest BCUT2D eigenvalue weighted by molar-refractivity contribution is -0.131. The first kappa shape index (κ1) is 13.0. The van der Waals surface area contributed by atoms with Crippen molar-refractivity contribution in [2.24, 2.45) is 0 Å². The smallest absolute Gasteiger partial charge is 0.239 e. The largest absolute Gasteiger partial charge is 0.341 e. The number of carbonyl (C=O) groups is 1. The average Bonchev–Trinajstić information content (AvgIpc) is 2.89. The molecule has 1 N–H and O–H groups in total. The van der Waals surface area contributed by atoms with E-state index in [1.165, 1.54) is 12.1 Å². The lowest BCUT2D eigenvalue weighted by Crippen LogP contribution is -2.43. The van der Waals surface area contributed by atoms with Gasteiger partial charge in [0.05, 0.1) is 6.04 Å². The van der Waals surface area contributed by atoms with Crippen LogP contribution in [0.3, 0.4) is 0 Å². The van der Waals surface area contributed by atoms with E-state index < -0.39 is 0 Å². The third-order valence-electron chi connectivity index (χ3n) is 3.29. The van der Waals surface area contributed by atoms with E-state index in [1.54, 1.807) is 6.07 Å². The Morgan fingerprint density at radius 2 is 2.17 bits per heavy atom. The molecule has 0 radical (unpaired) electrons. The molecule has 0 aromatic heterocycles. The van der Waals surface area contributed by atoms with Crippen LogP contribution >= 0.6 is 0 Å². The molecule has 18 heavy (non-hydrogen) atoms. The van der Waals surface area contributed by atoms with E-state index in [4.69, 9.17) is 0 Å². The Balaban J connectivity index is 1.84. The summed E-state index contributed by atoms with van der Waals surface area (Å²) in [5, 5.41) is 3.14. The Labute approximate surface area is 107 Å². The summed E-state index contributed by atoms with van der Waals surface area (Å²) in [6.45, 7) is 4.11. The van der Waals surface area contributed by atoms with Crippen LogP contribution in [-0.2, 0) is 11.3 Å². The second kappa shape index (κ2) is 5.96. The van der Waals surface area contributed by atoms with Crippen LogP contribution in [0.1, 0.15) is 25.3 Å². The van der Waals surface area contributed by atoms with Crippen LogP contribution in [0.4, 0.5) is 4.39 Å². The minimum atomic E-state index is -0.243. The summed E-state index contributed by atoms with van der Waals surface area (Å²) in [7, 11) is 0. The van der Waals surface area contributed by atoms with Gasteiger partial charge in [-0.15, -0.1) is 0 Å². The molecule has 1 aromatic carbocycles. The maximum Gasteiger partial charge on any atom is 0.239 e. The zero-order valence-corrected chi connectivity index (χ0v) is 10.7. The molecular weight excluding hydrogens is 231 g/mol. The number of carbonyl (C=O) groups excluding carboxylic acids is 1. The van der Waals surface area contributed by atoms with Crippen LogP contribution in [0.15, 0.2) is 24.3 Å². The minimum Gasteiger partial charge on any atom is -0.341 e. The molecule has 0 bridgehead atoms. The second-order valence-corrected chi connectivity index (χ2v) is 4.76. The summed E-state index contributed by atoms with van der Waals surface area (Å²) in [6.07, 6.45) is 2.20. The molecule has 1 saturated heterocycles. The number of amides is 1. The highest BCUT2D eigenvalue weighted by atomic mass is 19.1. The molecule has 0 aliphatic carbocycles. The van der Waals surface area contributed by atoms with Crippen molar-refractivity contribution in [2.45, 2.75) is 32.4 Å². The van der Waals surface area contributed by atoms with Crippen molar-refractivity contribution in [2.75, 3.05) is 13.1 Å². The summed E-state index contributed by atoms with van der Waals surface area (Å²) in [4.78, 5) is 13.9. The maximum absolute atomic E-state index is 13.0. The highest BCUT2D eigenvalue weighted by Gasteiger charge is 2.22. The molecule has 98 valence electrons. The first-order valence-electron chi connectivity index (χ1n) is 6.43. The van der Waals surface area contributed by atoms with E-state index >= 15 is 0 Å². The maximum atomic E-state index is 13.0. The van der Waals surface area contributed by atoms with Crippen LogP contribution in [0.5, 0.6) is 0 Å². The van der Waals surface area contributed by atoms with Crippen molar-refractivity contribution in [1.29, 1.82) is 0 Å². The fraction of sp³-hybridized carbons (Fsp3) is 0.500. The fourth-order valence-corrected chi connectivity index (χ4v) is 2.22. The standard InChI is InChI=1S/C14H19FN2O/c1-11(14(18)17-7-2-3-8-17)16-10-12-5-4-6-13(15)9-12/h4-6,9,11,16H,2-3,7-8,10H2,1H3. The quantitative estimate of drug-likeness (QED) is 0.885. The zero-order valence-electron chi connectivity index (χ0n) is 10.7. The molecule has 1 aromatic rings. The van der Waals surface area contributed by atoms with Gasteiger partial charge in [0.25, 0.3) is 0 Å². The number of benzene rings is 1. The highest BCUT2D eigenvalue weighted by Crippen LogP contribution is 2.09. The predicted octanol–water partition coefficient (Wildman–Crippen LogP) is 1.93. The topological polar surface area (TPSA) is 32.3 Å². The highest BCUT2D eigenvalue weighted by molar-refractivity contribution is 5.81. The van der Waals surface area contributed by atoms with Gasteiger partial charge in [0.15, 0.2) is 0 Å². The molecule has 1 amide bonds. The molecule has 1 heterocycles. The van der Waals surface area contributed by atoms with Crippen LogP contribution in [0.2, 0.25) is 0 Å². The Kier molecular flexibility index (Phi) is 4.31. The molecule has 1 atom stereocenters. The number of nitrogens with one attached hydrogen (secondary N) is 1. The number of nitrogens with zero attached hydrogens (tertiary/aromatic N) is 1. The van der Waals surface area contributed by atoms with Gasteiger partial charge in [0.1, 0.15) is 5.82 Å². The van der Waals surface area contributed by atoms with Gasteiger partial charge in [-0.2, -0.15) is 0 Å². The number of halogens is 1. The van der Waals surface area contributed by atoms with Crippen molar-refractivity contribution in [3.05, 3.63) is 35.6 Å². The van der Waals surface area contributed by atoms with E-state index in [0.29, 0.717) is 6.54 Å². The van der Waals surface area contributed by atoms with Gasteiger partial charge >= 0.3 is 0 Å². The Morgan fingerprint density at radius 1 is 1.44 bits per heavy atom. The van der Waals surface area contributed by atoms with Crippen molar-refractivity contribution in [3.8, 4) is 0 Å². The van der Waals surface area contributed by atoms with Crippen LogP contribution < -0.4 is 5.32 Å². The molecule has 1 aliphatic heterocycles. The number of hydrogen-bond donors (Lipinski definition) is 1. The third kappa shape index (κ3) is 3.29. The van der Waals surface area contributed by atoms with Crippen molar-refractivity contribution in [1.82, 2.24) is 10.2 Å². The Morgan fingerprint density at radius 3 is 2.83 bits per heavy atom. The SMILES string of the molecule is CC(NCc1cccc(F)c1)C(=O)N1CCCC1. The van der Waals surface area contributed by atoms with Gasteiger partial charge in [0.2, 0.25) is 5.91 Å². The van der Waals surface area contributed by atoms with Gasteiger partial charge in [-0.25, -0.2) is 4.39 Å². The number of likely N-dealkylation sites (tertiary alicyclic amines) is 1. The summed E-state index contributed by atoms with van der Waals surface area (Å²) in [5.74, 6) is -0.100. The van der Waals surface area contributed by atoms with Crippen LogP contribution in [-0.4, -0.2) is 29.9 Å². The first-order chi connectivity index (χ1) is 8.66. The molecule has 2 rings (SSSR count). The Hall–Kier alpha value is -1.42. The summed E-state index contributed by atoms with van der Waals surface area (Å²) in [5.41, 5.74) is 0.857. The molecular formula is C14H19FN2O. The lowest BCUT2D eigenvalue weighted by Gasteiger charge is -2.21. The monoisotopic (exact) mass is 250 g/mol. The third-order valence-corrected chi connectivity index (χ3v) is 3.29. The summed E-state index contributed by atoms with van der Waals surface area (Å²) < 4.78 is 13.0. The van der Waals surface area contributed by atoms with Gasteiger partial charge in [-0.05, 0) is 37.5 Å². The van der Waals surface area contributed by atoms with E-state index in [2.05, 4.69) is 5.32 Å². The molecule has 1 fully saturated rings. The van der Waals surface area contributed by atoms with E-state index in [1.807, 2.05) is 17.9 Å². The van der Waals surface area contributed by atoms with Crippen LogP contribution in [0.25, 0.3) is 0 Å². The van der Waals surface area contributed by atoms with E-state index in [9.17, 15) is 9.18 Å². The van der Waals surface area contributed by atoms with Crippen LogP contribution in [0, 0.1) is 5.82 Å². The van der Waals surface area contributed by atoms with Gasteiger partial charge in [-0.3, -0.25) is 4.79 Å². The number of hydrogen-bond acceptors (Lipinski definition) is 2. The molecule has 0 saturated carbocycles. The van der Waals surface area contributed by atoms with E-state index in [-0.39, 0.29) is 17.8 Å². The molecule has 1 unspecified atom stereocenters. The van der Waals surface area contributed by atoms with Gasteiger partial charge < -0.3 is 10.2 Å². The van der Waals surface area contributed by atoms with Crippen molar-refractivity contribution >= 4 is 5.91 Å². The zero-order chi connectivity index (χ0) is 13.0. The Bertz CT molecular complexity index is 416. The molecule has 3 nitrogen and oxygen atoms in total. The average molecular weight is 250 g/mol. The molecule has 1 aliphatic rings. The first-order valence-corrected chi connectivity index (χ1v) is 6.43. The van der Waals surface area contributed by atoms with Crippen molar-refractivity contribution in [3.63, 3.8) is 0 Å². The number of rotatable bonds is 4. The van der Waals surface area contributed by atoms with Gasteiger partial charge in [0, 0.05) is 19.6 Å². The second-order valence-electron chi connectivity index (χ2n) is 4.76. The van der Waals surface area contributed by atoms with Gasteiger partial charge in [-0.1, -0.05) is 12.1 Å². The normalized spacial score (nSPS) is 16.9. The summed E-state index contributed by atoms with van der Waals surface area (Å²) in [6, 6.07) is 6.22. The molecule has 0 spiro atoms. The minimum absolute atomic E-state index is 0.143. The fourth-order valence-electron chi connectivity index (χ4n) is 2.22. The lowest BCUT2D eigenvalue weighted by atomic mass is 10.2. The van der Waals surface area contributed by atoms with E-state index in [0.717, 1.165) is 31.5 Å². The molecule has 4 heteroatoms. The van der Waals surface area contributed by atoms with Crippen molar-refractivity contribution < 1.29 is 9.18 Å². The predicted molar refractivity (Wildman–Crippen MR) is 68.5 cm³/mol.